The second-order valence-electron chi connectivity index (χ2n) is 15.5. The van der Waals surface area contributed by atoms with E-state index < -0.39 is 0 Å². The van der Waals surface area contributed by atoms with Gasteiger partial charge in [0.2, 0.25) is 5.91 Å². The highest BCUT2D eigenvalue weighted by molar-refractivity contribution is 5.93. The number of fused-ring (bicyclic) bond motifs is 2. The third kappa shape index (κ3) is 8.47. The molecular formula is C45H50N8O4. The van der Waals surface area contributed by atoms with Crippen LogP contribution in [0.25, 0.3) is 44.6 Å². The van der Waals surface area contributed by atoms with Crippen LogP contribution in [-0.4, -0.2) is 87.0 Å². The van der Waals surface area contributed by atoms with Crippen LogP contribution < -0.4 is 20.9 Å². The molecule has 12 heteroatoms. The van der Waals surface area contributed by atoms with Gasteiger partial charge in [-0.25, -0.2) is 19.9 Å². The van der Waals surface area contributed by atoms with E-state index in [1.54, 1.807) is 24.3 Å². The maximum Gasteiger partial charge on any atom is 0.249 e. The van der Waals surface area contributed by atoms with Gasteiger partial charge in [-0.1, -0.05) is 36.4 Å². The second kappa shape index (κ2) is 16.7. The molecule has 0 radical (unpaired) electrons. The van der Waals surface area contributed by atoms with Crippen molar-refractivity contribution in [1.82, 2.24) is 25.3 Å². The van der Waals surface area contributed by atoms with E-state index in [4.69, 9.17) is 30.4 Å². The summed E-state index contributed by atoms with van der Waals surface area (Å²) in [6.07, 6.45) is 5.41. The minimum absolute atomic E-state index is 0.00702. The fraction of sp³-hybridized carbons (Fsp3) is 0.356. The van der Waals surface area contributed by atoms with Crippen LogP contribution in [0.4, 0.5) is 11.6 Å². The highest BCUT2D eigenvalue weighted by atomic mass is 16.5. The van der Waals surface area contributed by atoms with Crippen molar-refractivity contribution in [3.63, 3.8) is 0 Å². The van der Waals surface area contributed by atoms with Crippen LogP contribution in [0.1, 0.15) is 49.7 Å². The molecule has 1 amide bonds. The number of nitrogens with two attached hydrogens (primary N) is 1. The number of nitrogens with zero attached hydrogens (tertiary/aromatic N) is 6. The number of hydrogen-bond donors (Lipinski definition) is 4. The molecule has 0 bridgehead atoms. The summed E-state index contributed by atoms with van der Waals surface area (Å²) >= 11 is 0. The zero-order chi connectivity index (χ0) is 39.5. The lowest BCUT2D eigenvalue weighted by atomic mass is 10.0. The molecule has 0 saturated carbocycles. The molecule has 57 heavy (non-hydrogen) atoms. The van der Waals surface area contributed by atoms with E-state index in [1.165, 1.54) is 0 Å². The van der Waals surface area contributed by atoms with Gasteiger partial charge in [0.05, 0.1) is 22.2 Å². The molecule has 294 valence electrons. The Morgan fingerprint density at radius 1 is 0.702 bits per heavy atom. The van der Waals surface area contributed by atoms with Gasteiger partial charge in [-0.05, 0) is 112 Å². The minimum Gasteiger partial charge on any atom is -0.507 e. The number of ether oxygens (including phenoxy) is 1. The molecule has 3 aliphatic heterocycles. The van der Waals surface area contributed by atoms with Gasteiger partial charge in [0.25, 0.3) is 0 Å². The third-order valence-corrected chi connectivity index (χ3v) is 11.0. The molecule has 0 unspecified atom stereocenters. The molecule has 3 atom stereocenters. The summed E-state index contributed by atoms with van der Waals surface area (Å²) in [5.74, 6) is 3.13. The summed E-state index contributed by atoms with van der Waals surface area (Å²) in [5, 5.41) is 25.8. The fourth-order valence-electron chi connectivity index (χ4n) is 8.06. The molecule has 5 N–H and O–H groups in total. The summed E-state index contributed by atoms with van der Waals surface area (Å²) < 4.78 is 5.54. The Hall–Kier alpha value is -5.85. The SMILES string of the molecule is Cc1ccc2c(N3CCC[C@@H](N)C3)nc(-c3ccccc3O)nc2c1.Cc1ccc2c(N3CCC[C@@H](NC(=O)[C@H]4CCCO4)C3)nc(-c3ccccc3O)nc2c1. The largest absolute Gasteiger partial charge is 0.507 e. The Kier molecular flexibility index (Phi) is 11.2. The number of rotatable bonds is 6. The number of anilines is 2. The molecule has 3 saturated heterocycles. The standard InChI is InChI=1S/C25H28N4O3.C20H22N4O/c1-16-10-11-18-20(14-16)27-23(19-7-2-3-8-21(19)30)28-24(18)29-12-4-6-17(15-29)26-25(31)22-9-5-13-32-22;1-13-8-9-15-17(11-13)22-19(16-6-2-3-7-18(16)25)23-20(15)24-10-4-5-14(21)12-24/h2-3,7-8,10-11,14,17,22,30H,4-6,9,12-13,15H2,1H3,(H,26,31);2-3,6-9,11,14,25H,4-5,10,12,21H2,1H3/t17-,22-;14-/m11/s1. The average molecular weight is 767 g/mol. The van der Waals surface area contributed by atoms with Gasteiger partial charge < -0.3 is 35.8 Å². The number of phenolic OH excluding ortho intramolecular Hbond substituents is 2. The van der Waals surface area contributed by atoms with Crippen LogP contribution in [0.15, 0.2) is 84.9 Å². The van der Waals surface area contributed by atoms with E-state index in [2.05, 4.69) is 52.4 Å². The van der Waals surface area contributed by atoms with Crippen molar-refractivity contribution in [2.24, 2.45) is 5.73 Å². The van der Waals surface area contributed by atoms with Crippen molar-refractivity contribution < 1.29 is 19.7 Å². The Bertz CT molecular complexity index is 2400. The number of carbonyl (C=O) groups is 1. The van der Waals surface area contributed by atoms with E-state index in [0.29, 0.717) is 35.9 Å². The lowest BCUT2D eigenvalue weighted by Crippen LogP contribution is -2.50. The minimum atomic E-state index is -0.319. The van der Waals surface area contributed by atoms with Crippen LogP contribution in [0.3, 0.4) is 0 Å². The normalized spacial score (nSPS) is 19.7. The lowest BCUT2D eigenvalue weighted by Gasteiger charge is -2.35. The van der Waals surface area contributed by atoms with Crippen LogP contribution >= 0.6 is 0 Å². The van der Waals surface area contributed by atoms with E-state index >= 15 is 0 Å². The van der Waals surface area contributed by atoms with Gasteiger partial charge in [-0.15, -0.1) is 0 Å². The Labute approximate surface area is 332 Å². The Balaban J connectivity index is 0.000000165. The van der Waals surface area contributed by atoms with Gasteiger partial charge in [-0.2, -0.15) is 0 Å². The van der Waals surface area contributed by atoms with Crippen molar-refractivity contribution in [3.05, 3.63) is 96.1 Å². The number of aromatic nitrogens is 4. The number of para-hydroxylation sites is 2. The molecule has 3 fully saturated rings. The number of piperidine rings is 2. The first kappa shape index (κ1) is 38.0. The molecular weight excluding hydrogens is 717 g/mol. The number of phenols is 2. The number of aryl methyl sites for hydroxylation is 2. The molecule has 4 aromatic carbocycles. The number of carbonyl (C=O) groups excluding carboxylic acids is 1. The average Bonchev–Trinajstić information content (AvgIpc) is 3.76. The number of nitrogens with one attached hydrogen (secondary N) is 1. The predicted molar refractivity (Wildman–Crippen MR) is 225 cm³/mol. The first-order chi connectivity index (χ1) is 27.7. The van der Waals surface area contributed by atoms with Crippen molar-refractivity contribution in [2.75, 3.05) is 42.6 Å². The lowest BCUT2D eigenvalue weighted by molar-refractivity contribution is -0.130. The Morgan fingerprint density at radius 2 is 1.25 bits per heavy atom. The molecule has 9 rings (SSSR count). The highest BCUT2D eigenvalue weighted by Crippen LogP contribution is 2.35. The summed E-state index contributed by atoms with van der Waals surface area (Å²) in [5.41, 5.74) is 11.4. The fourth-order valence-corrected chi connectivity index (χ4v) is 8.06. The first-order valence-corrected chi connectivity index (χ1v) is 20.0. The molecule has 5 heterocycles. The van der Waals surface area contributed by atoms with Crippen LogP contribution in [-0.2, 0) is 9.53 Å². The summed E-state index contributed by atoms with van der Waals surface area (Å²) in [6, 6.07) is 26.9. The number of aromatic hydroxyl groups is 2. The van der Waals surface area contributed by atoms with Crippen LogP contribution in [0, 0.1) is 13.8 Å². The van der Waals surface area contributed by atoms with E-state index in [9.17, 15) is 15.0 Å². The summed E-state index contributed by atoms with van der Waals surface area (Å²) in [4.78, 5) is 36.2. The maximum absolute atomic E-state index is 12.6. The van der Waals surface area contributed by atoms with Crippen molar-refractivity contribution >= 4 is 39.3 Å². The van der Waals surface area contributed by atoms with Crippen molar-refractivity contribution in [3.8, 4) is 34.3 Å². The molecule has 6 aromatic rings. The van der Waals surface area contributed by atoms with E-state index in [1.807, 2.05) is 37.3 Å². The van der Waals surface area contributed by atoms with Crippen molar-refractivity contribution in [2.45, 2.75) is 70.6 Å². The van der Waals surface area contributed by atoms with Crippen molar-refractivity contribution in [1.29, 1.82) is 0 Å². The molecule has 0 aliphatic carbocycles. The van der Waals surface area contributed by atoms with Crippen LogP contribution in [0.5, 0.6) is 11.5 Å². The summed E-state index contributed by atoms with van der Waals surface area (Å²) in [6.45, 7) is 8.02. The van der Waals surface area contributed by atoms with Gasteiger partial charge in [-0.3, -0.25) is 4.79 Å². The van der Waals surface area contributed by atoms with Gasteiger partial charge >= 0.3 is 0 Å². The van der Waals surface area contributed by atoms with Gasteiger partial charge in [0.15, 0.2) is 11.6 Å². The molecule has 12 nitrogen and oxygen atoms in total. The molecule has 3 aliphatic rings. The Morgan fingerprint density at radius 3 is 1.77 bits per heavy atom. The number of amides is 1. The molecule has 0 spiro atoms. The van der Waals surface area contributed by atoms with Crippen LogP contribution in [0.2, 0.25) is 0 Å². The highest BCUT2D eigenvalue weighted by Gasteiger charge is 2.29. The predicted octanol–water partition coefficient (Wildman–Crippen LogP) is 6.81. The number of benzene rings is 4. The van der Waals surface area contributed by atoms with Gasteiger partial charge in [0, 0.05) is 55.6 Å². The number of hydrogen-bond acceptors (Lipinski definition) is 11. The van der Waals surface area contributed by atoms with E-state index in [0.717, 1.165) is 103 Å². The van der Waals surface area contributed by atoms with E-state index in [-0.39, 0.29) is 35.6 Å². The summed E-state index contributed by atoms with van der Waals surface area (Å²) in [7, 11) is 0. The zero-order valence-corrected chi connectivity index (χ0v) is 32.6. The van der Waals surface area contributed by atoms with Gasteiger partial charge in [0.1, 0.15) is 29.2 Å². The maximum atomic E-state index is 12.6. The zero-order valence-electron chi connectivity index (χ0n) is 32.6. The third-order valence-electron chi connectivity index (χ3n) is 11.0. The smallest absolute Gasteiger partial charge is 0.249 e. The quantitative estimate of drug-likeness (QED) is 0.141. The topological polar surface area (TPSA) is 163 Å². The second-order valence-corrected chi connectivity index (χ2v) is 15.5. The molecule has 2 aromatic heterocycles. The monoisotopic (exact) mass is 766 g/mol. The first-order valence-electron chi connectivity index (χ1n) is 20.0.